The number of aromatic nitrogens is 1. The lowest BCUT2D eigenvalue weighted by molar-refractivity contribution is 0.269. The molecule has 2 atom stereocenters. The van der Waals surface area contributed by atoms with E-state index in [1.165, 1.54) is 5.56 Å². The van der Waals surface area contributed by atoms with E-state index in [2.05, 4.69) is 27.3 Å². The van der Waals surface area contributed by atoms with Crippen LogP contribution in [0.1, 0.15) is 36.0 Å². The minimum Gasteiger partial charge on any atom is -0.494 e. The van der Waals surface area contributed by atoms with E-state index in [1.54, 1.807) is 0 Å². The van der Waals surface area contributed by atoms with Crippen LogP contribution in [0, 0.1) is 0 Å². The number of hydrogen-bond acceptors (Lipinski definition) is 4. The van der Waals surface area contributed by atoms with Gasteiger partial charge in [0.1, 0.15) is 23.3 Å². The highest BCUT2D eigenvalue weighted by molar-refractivity contribution is 7.80. The molecular weight excluding hydrogens is 430 g/mol. The van der Waals surface area contributed by atoms with Crippen LogP contribution in [0.5, 0.6) is 5.75 Å². The second-order valence-electron chi connectivity index (χ2n) is 7.90. The number of nitrogens with one attached hydrogen (secondary N) is 1. The van der Waals surface area contributed by atoms with Gasteiger partial charge < -0.3 is 19.4 Å². The Morgan fingerprint density at radius 1 is 0.970 bits per heavy atom. The predicted molar refractivity (Wildman–Crippen MR) is 133 cm³/mol. The highest BCUT2D eigenvalue weighted by atomic mass is 32.1. The van der Waals surface area contributed by atoms with Gasteiger partial charge in [0.05, 0.1) is 18.3 Å². The Kier molecular flexibility index (Phi) is 6.09. The molecular formula is C27H25N3O2S. The molecule has 1 aliphatic heterocycles. The third-order valence-corrected chi connectivity index (χ3v) is 6.11. The van der Waals surface area contributed by atoms with Crippen LogP contribution < -0.4 is 10.1 Å². The molecule has 2 aromatic carbocycles. The molecule has 3 heterocycles. The average molecular weight is 456 g/mol. The van der Waals surface area contributed by atoms with Crippen LogP contribution in [-0.4, -0.2) is 21.6 Å². The minimum atomic E-state index is -0.121. The number of pyridine rings is 1. The Morgan fingerprint density at radius 2 is 1.76 bits per heavy atom. The molecule has 0 spiro atoms. The Hall–Kier alpha value is -3.64. The van der Waals surface area contributed by atoms with Crippen molar-refractivity contribution in [3.63, 3.8) is 0 Å². The molecule has 0 radical (unpaired) electrons. The van der Waals surface area contributed by atoms with E-state index < -0.39 is 0 Å². The van der Waals surface area contributed by atoms with Crippen molar-refractivity contribution in [3.8, 4) is 17.1 Å². The highest BCUT2D eigenvalue weighted by Gasteiger charge is 2.41. The largest absolute Gasteiger partial charge is 0.494 e. The Balaban J connectivity index is 1.49. The van der Waals surface area contributed by atoms with Gasteiger partial charge in [-0.3, -0.25) is 4.98 Å². The highest BCUT2D eigenvalue weighted by Crippen LogP contribution is 2.41. The van der Waals surface area contributed by atoms with Gasteiger partial charge >= 0.3 is 0 Å². The predicted octanol–water partition coefficient (Wildman–Crippen LogP) is 5.91. The number of furan rings is 1. The fourth-order valence-corrected chi connectivity index (χ4v) is 4.52. The summed E-state index contributed by atoms with van der Waals surface area (Å²) in [5.74, 6) is 2.51. The van der Waals surface area contributed by atoms with Crippen molar-refractivity contribution in [2.24, 2.45) is 0 Å². The van der Waals surface area contributed by atoms with Crippen molar-refractivity contribution >= 4 is 17.3 Å². The molecule has 1 aliphatic rings. The summed E-state index contributed by atoms with van der Waals surface area (Å²) in [5, 5.41) is 4.17. The minimum absolute atomic E-state index is 0.109. The zero-order valence-corrected chi connectivity index (χ0v) is 19.2. The van der Waals surface area contributed by atoms with Crippen LogP contribution in [0.25, 0.3) is 11.3 Å². The standard InChI is InChI=1S/C27H25N3O2S/c1-2-31-21-13-11-20(12-14-21)23-15-16-24(32-23)26-25(22-10-6-7-17-28-22)29-27(33)30(26)18-19-8-4-3-5-9-19/h3-17,25-26H,2,18H2,1H3,(H,29,33)/t25-,26+/m1/s1. The molecule has 1 N–H and O–H groups in total. The summed E-state index contributed by atoms with van der Waals surface area (Å²) in [6.45, 7) is 3.30. The van der Waals surface area contributed by atoms with Crippen LogP contribution in [0.3, 0.4) is 0 Å². The summed E-state index contributed by atoms with van der Waals surface area (Å²) in [6.07, 6.45) is 1.81. The summed E-state index contributed by atoms with van der Waals surface area (Å²) >= 11 is 5.76. The van der Waals surface area contributed by atoms with Crippen molar-refractivity contribution in [1.29, 1.82) is 0 Å². The molecule has 0 bridgehead atoms. The van der Waals surface area contributed by atoms with Crippen LogP contribution >= 0.6 is 12.2 Å². The average Bonchev–Trinajstić information content (AvgIpc) is 3.46. The summed E-state index contributed by atoms with van der Waals surface area (Å²) in [6, 6.07) is 28.1. The van der Waals surface area contributed by atoms with E-state index in [4.69, 9.17) is 21.4 Å². The zero-order valence-electron chi connectivity index (χ0n) is 18.3. The lowest BCUT2D eigenvalue weighted by Crippen LogP contribution is -2.29. The molecule has 1 saturated heterocycles. The molecule has 6 heteroatoms. The number of ether oxygens (including phenoxy) is 1. The van der Waals surface area contributed by atoms with Gasteiger partial charge in [-0.25, -0.2) is 0 Å². The molecule has 1 fully saturated rings. The van der Waals surface area contributed by atoms with E-state index in [1.807, 2.05) is 85.9 Å². The molecule has 5 rings (SSSR count). The molecule has 0 amide bonds. The topological polar surface area (TPSA) is 50.5 Å². The van der Waals surface area contributed by atoms with E-state index >= 15 is 0 Å². The first kappa shape index (κ1) is 21.2. The lowest BCUT2D eigenvalue weighted by Gasteiger charge is -2.26. The maximum absolute atomic E-state index is 6.41. The Bertz CT molecular complexity index is 1210. The fourth-order valence-electron chi connectivity index (χ4n) is 4.21. The summed E-state index contributed by atoms with van der Waals surface area (Å²) in [7, 11) is 0. The molecule has 0 unspecified atom stereocenters. The molecule has 5 nitrogen and oxygen atoms in total. The summed E-state index contributed by atoms with van der Waals surface area (Å²) in [5.41, 5.74) is 3.12. The smallest absolute Gasteiger partial charge is 0.170 e. The molecule has 0 aliphatic carbocycles. The zero-order chi connectivity index (χ0) is 22.6. The van der Waals surface area contributed by atoms with Gasteiger partial charge in [0.2, 0.25) is 0 Å². The first-order valence-electron chi connectivity index (χ1n) is 11.1. The SMILES string of the molecule is CCOc1ccc(-c2ccc([C@H]3[C@@H](c4ccccn4)NC(=S)N3Cc3ccccc3)o2)cc1. The second-order valence-corrected chi connectivity index (χ2v) is 8.29. The third-order valence-electron chi connectivity index (χ3n) is 5.76. The van der Waals surface area contributed by atoms with Gasteiger partial charge in [-0.15, -0.1) is 0 Å². The first-order valence-corrected chi connectivity index (χ1v) is 11.5. The van der Waals surface area contributed by atoms with Crippen molar-refractivity contribution in [1.82, 2.24) is 15.2 Å². The molecule has 33 heavy (non-hydrogen) atoms. The quantitative estimate of drug-likeness (QED) is 0.350. The third kappa shape index (κ3) is 4.47. The van der Waals surface area contributed by atoms with Gasteiger partial charge in [0.25, 0.3) is 0 Å². The second kappa shape index (κ2) is 9.46. The van der Waals surface area contributed by atoms with Gasteiger partial charge in [0.15, 0.2) is 5.11 Å². The monoisotopic (exact) mass is 455 g/mol. The van der Waals surface area contributed by atoms with Gasteiger partial charge in [-0.05, 0) is 73.2 Å². The van der Waals surface area contributed by atoms with E-state index in [-0.39, 0.29) is 12.1 Å². The Labute approximate surface area is 199 Å². The van der Waals surface area contributed by atoms with Crippen LogP contribution in [0.15, 0.2) is 95.5 Å². The summed E-state index contributed by atoms with van der Waals surface area (Å²) < 4.78 is 12.0. The maximum Gasteiger partial charge on any atom is 0.170 e. The number of nitrogens with zero attached hydrogens (tertiary/aromatic N) is 2. The van der Waals surface area contributed by atoms with Crippen LogP contribution in [0.4, 0.5) is 0 Å². The van der Waals surface area contributed by atoms with Gasteiger partial charge in [0, 0.05) is 18.3 Å². The number of benzene rings is 2. The van der Waals surface area contributed by atoms with Gasteiger partial charge in [-0.2, -0.15) is 0 Å². The van der Waals surface area contributed by atoms with Crippen molar-refractivity contribution in [2.45, 2.75) is 25.6 Å². The van der Waals surface area contributed by atoms with E-state index in [9.17, 15) is 0 Å². The lowest BCUT2D eigenvalue weighted by atomic mass is 10.0. The fraction of sp³-hybridized carbons (Fsp3) is 0.185. The van der Waals surface area contributed by atoms with E-state index in [0.29, 0.717) is 18.3 Å². The molecule has 0 saturated carbocycles. The molecule has 166 valence electrons. The van der Waals surface area contributed by atoms with E-state index in [0.717, 1.165) is 28.5 Å². The van der Waals surface area contributed by atoms with Crippen LogP contribution in [0.2, 0.25) is 0 Å². The Morgan fingerprint density at radius 3 is 2.48 bits per heavy atom. The normalized spacial score (nSPS) is 17.7. The maximum atomic E-state index is 6.41. The number of thiocarbonyl (C=S) groups is 1. The molecule has 2 aromatic heterocycles. The first-order chi connectivity index (χ1) is 16.2. The van der Waals surface area contributed by atoms with Crippen LogP contribution in [-0.2, 0) is 6.54 Å². The molecule has 4 aromatic rings. The van der Waals surface area contributed by atoms with Crippen molar-refractivity contribution in [3.05, 3.63) is 108 Å². The number of hydrogen-bond donors (Lipinski definition) is 1. The van der Waals surface area contributed by atoms with Gasteiger partial charge in [-0.1, -0.05) is 36.4 Å². The summed E-state index contributed by atoms with van der Waals surface area (Å²) in [4.78, 5) is 6.79. The number of rotatable bonds is 7. The van der Waals surface area contributed by atoms with Crippen molar-refractivity contribution < 1.29 is 9.15 Å². The van der Waals surface area contributed by atoms with Crippen molar-refractivity contribution in [2.75, 3.05) is 6.61 Å².